The lowest BCUT2D eigenvalue weighted by Gasteiger charge is -2.35. The fourth-order valence-electron chi connectivity index (χ4n) is 2.73. The van der Waals surface area contributed by atoms with Crippen LogP contribution in [0.4, 0.5) is 11.8 Å². The van der Waals surface area contributed by atoms with Crippen molar-refractivity contribution in [2.24, 2.45) is 0 Å². The Kier molecular flexibility index (Phi) is 3.10. The third kappa shape index (κ3) is 2.24. The summed E-state index contributed by atoms with van der Waals surface area (Å²) >= 11 is 0. The van der Waals surface area contributed by atoms with Crippen LogP contribution >= 0.6 is 0 Å². The Labute approximate surface area is 128 Å². The molecule has 1 aliphatic heterocycles. The van der Waals surface area contributed by atoms with Crippen LogP contribution < -0.4 is 9.80 Å². The van der Waals surface area contributed by atoms with E-state index in [0.717, 1.165) is 49.2 Å². The maximum atomic E-state index is 4.50. The first-order valence-electron chi connectivity index (χ1n) is 7.37. The van der Waals surface area contributed by atoms with E-state index in [9.17, 15) is 0 Å². The first-order chi connectivity index (χ1) is 10.8. The molecule has 0 unspecified atom stereocenters. The van der Waals surface area contributed by atoms with Crippen molar-refractivity contribution in [1.29, 1.82) is 0 Å². The third-order valence-corrected chi connectivity index (χ3v) is 3.92. The fraction of sp³-hybridized carbons (Fsp3) is 0.333. The number of piperazine rings is 1. The molecule has 0 aliphatic carbocycles. The zero-order valence-electron chi connectivity index (χ0n) is 12.4. The van der Waals surface area contributed by atoms with Crippen molar-refractivity contribution in [3.63, 3.8) is 0 Å². The zero-order chi connectivity index (χ0) is 14.9. The minimum atomic E-state index is 0.803. The molecular weight excluding hydrogens is 278 g/mol. The van der Waals surface area contributed by atoms with E-state index in [2.05, 4.69) is 29.7 Å². The molecule has 0 N–H and O–H groups in total. The number of rotatable bonds is 2. The Morgan fingerprint density at radius 3 is 2.18 bits per heavy atom. The highest BCUT2D eigenvalue weighted by Gasteiger charge is 2.21. The summed E-state index contributed by atoms with van der Waals surface area (Å²) in [6, 6.07) is 0. The molecule has 1 saturated heterocycles. The van der Waals surface area contributed by atoms with Gasteiger partial charge in [0, 0.05) is 63.4 Å². The Morgan fingerprint density at radius 2 is 1.45 bits per heavy atom. The van der Waals surface area contributed by atoms with Crippen LogP contribution in [0.5, 0.6) is 0 Å². The second-order valence-corrected chi connectivity index (χ2v) is 5.44. The molecule has 0 amide bonds. The number of hydrogen-bond donors (Lipinski definition) is 0. The topological polar surface area (TPSA) is 62.5 Å². The molecule has 7 nitrogen and oxygen atoms in total. The molecule has 3 aromatic heterocycles. The smallest absolute Gasteiger partial charge is 0.225 e. The minimum absolute atomic E-state index is 0.803. The van der Waals surface area contributed by atoms with Gasteiger partial charge in [-0.2, -0.15) is 0 Å². The highest BCUT2D eigenvalue weighted by atomic mass is 15.3. The predicted octanol–water partition coefficient (Wildman–Crippen LogP) is 1.15. The van der Waals surface area contributed by atoms with Gasteiger partial charge in [0.2, 0.25) is 5.95 Å². The standard InChI is InChI=1S/C15H17N7/c1-12-10-18-15(19-11-12)22-8-6-21(7-9-22)14-13-16-2-4-20(13)5-3-17-14/h2-5,10-11H,6-9H2,1H3. The second-order valence-electron chi connectivity index (χ2n) is 5.44. The van der Waals surface area contributed by atoms with E-state index in [1.54, 1.807) is 6.20 Å². The lowest BCUT2D eigenvalue weighted by atomic mass is 10.3. The number of hydrogen-bond acceptors (Lipinski definition) is 6. The molecular formula is C15H17N7. The Balaban J connectivity index is 1.52. The number of anilines is 2. The molecule has 7 heteroatoms. The van der Waals surface area contributed by atoms with Crippen LogP contribution in [0.3, 0.4) is 0 Å². The van der Waals surface area contributed by atoms with Crippen LogP contribution in [0.15, 0.2) is 37.2 Å². The first-order valence-corrected chi connectivity index (χ1v) is 7.37. The van der Waals surface area contributed by atoms with E-state index >= 15 is 0 Å². The Bertz CT molecular complexity index is 772. The van der Waals surface area contributed by atoms with Gasteiger partial charge in [-0.15, -0.1) is 0 Å². The number of fused-ring (bicyclic) bond motifs is 1. The molecule has 4 heterocycles. The summed E-state index contributed by atoms with van der Waals surface area (Å²) in [5.74, 6) is 1.74. The molecule has 0 saturated carbocycles. The SMILES string of the molecule is Cc1cnc(N2CCN(c3nccn4ccnc34)CC2)nc1. The Morgan fingerprint density at radius 1 is 0.818 bits per heavy atom. The van der Waals surface area contributed by atoms with Crippen molar-refractivity contribution in [2.45, 2.75) is 6.92 Å². The van der Waals surface area contributed by atoms with Gasteiger partial charge >= 0.3 is 0 Å². The van der Waals surface area contributed by atoms with Gasteiger partial charge in [0.1, 0.15) is 0 Å². The van der Waals surface area contributed by atoms with Crippen LogP contribution in [0.2, 0.25) is 0 Å². The largest absolute Gasteiger partial charge is 0.350 e. The summed E-state index contributed by atoms with van der Waals surface area (Å²) < 4.78 is 2.00. The highest BCUT2D eigenvalue weighted by molar-refractivity contribution is 5.64. The summed E-state index contributed by atoms with van der Waals surface area (Å²) in [6.45, 7) is 5.53. The van der Waals surface area contributed by atoms with E-state index < -0.39 is 0 Å². The summed E-state index contributed by atoms with van der Waals surface area (Å²) in [7, 11) is 0. The molecule has 0 bridgehead atoms. The summed E-state index contributed by atoms with van der Waals surface area (Å²) in [4.78, 5) is 22.2. The third-order valence-electron chi connectivity index (χ3n) is 3.92. The van der Waals surface area contributed by atoms with Crippen molar-refractivity contribution >= 4 is 17.4 Å². The maximum Gasteiger partial charge on any atom is 0.225 e. The normalized spacial score (nSPS) is 15.5. The molecule has 0 aromatic carbocycles. The predicted molar refractivity (Wildman–Crippen MR) is 84.2 cm³/mol. The highest BCUT2D eigenvalue weighted by Crippen LogP contribution is 2.19. The average Bonchev–Trinajstić information content (AvgIpc) is 3.04. The van der Waals surface area contributed by atoms with Gasteiger partial charge < -0.3 is 14.2 Å². The van der Waals surface area contributed by atoms with Gasteiger partial charge in [-0.25, -0.2) is 19.9 Å². The van der Waals surface area contributed by atoms with Crippen molar-refractivity contribution in [1.82, 2.24) is 24.3 Å². The number of aromatic nitrogens is 5. The molecule has 3 aromatic rings. The van der Waals surface area contributed by atoms with Gasteiger partial charge in [0.25, 0.3) is 0 Å². The second kappa shape index (κ2) is 5.25. The molecule has 0 atom stereocenters. The Hall–Kier alpha value is -2.70. The van der Waals surface area contributed by atoms with E-state index in [0.29, 0.717) is 0 Å². The minimum Gasteiger partial charge on any atom is -0.350 e. The van der Waals surface area contributed by atoms with E-state index in [-0.39, 0.29) is 0 Å². The van der Waals surface area contributed by atoms with Crippen LogP contribution in [0.1, 0.15) is 5.56 Å². The lowest BCUT2D eigenvalue weighted by Crippen LogP contribution is -2.47. The number of nitrogens with zero attached hydrogens (tertiary/aromatic N) is 7. The summed E-state index contributed by atoms with van der Waals surface area (Å²) in [6.07, 6.45) is 11.2. The quantitative estimate of drug-likeness (QED) is 0.707. The van der Waals surface area contributed by atoms with Crippen molar-refractivity contribution in [3.05, 3.63) is 42.7 Å². The van der Waals surface area contributed by atoms with Crippen molar-refractivity contribution < 1.29 is 0 Å². The van der Waals surface area contributed by atoms with Crippen molar-refractivity contribution in [3.8, 4) is 0 Å². The molecule has 112 valence electrons. The lowest BCUT2D eigenvalue weighted by molar-refractivity contribution is 0.634. The fourth-order valence-corrected chi connectivity index (χ4v) is 2.73. The summed E-state index contributed by atoms with van der Waals surface area (Å²) in [5.41, 5.74) is 1.99. The van der Waals surface area contributed by atoms with Crippen LogP contribution in [-0.4, -0.2) is 50.5 Å². The van der Waals surface area contributed by atoms with Gasteiger partial charge in [-0.05, 0) is 12.5 Å². The zero-order valence-corrected chi connectivity index (χ0v) is 12.4. The molecule has 1 aliphatic rings. The first kappa shape index (κ1) is 13.0. The monoisotopic (exact) mass is 295 g/mol. The summed E-state index contributed by atoms with van der Waals surface area (Å²) in [5, 5.41) is 0. The van der Waals surface area contributed by atoms with Crippen molar-refractivity contribution in [2.75, 3.05) is 36.0 Å². The molecule has 0 radical (unpaired) electrons. The van der Waals surface area contributed by atoms with Crippen LogP contribution in [0.25, 0.3) is 5.65 Å². The average molecular weight is 295 g/mol. The van der Waals surface area contributed by atoms with Gasteiger partial charge in [0.05, 0.1) is 0 Å². The van der Waals surface area contributed by atoms with Crippen LogP contribution in [0, 0.1) is 6.92 Å². The van der Waals surface area contributed by atoms with Gasteiger partial charge in [-0.3, -0.25) is 0 Å². The number of aryl methyl sites for hydroxylation is 1. The molecule has 4 rings (SSSR count). The number of imidazole rings is 1. The molecule has 0 spiro atoms. The van der Waals surface area contributed by atoms with Crippen LogP contribution in [-0.2, 0) is 0 Å². The maximum absolute atomic E-state index is 4.50. The molecule has 1 fully saturated rings. The van der Waals surface area contributed by atoms with E-state index in [1.807, 2.05) is 42.3 Å². The van der Waals surface area contributed by atoms with Gasteiger partial charge in [-0.1, -0.05) is 0 Å². The van der Waals surface area contributed by atoms with E-state index in [1.165, 1.54) is 0 Å². The van der Waals surface area contributed by atoms with E-state index in [4.69, 9.17) is 0 Å². The van der Waals surface area contributed by atoms with Gasteiger partial charge in [0.15, 0.2) is 11.5 Å². The molecule has 22 heavy (non-hydrogen) atoms.